The lowest BCUT2D eigenvalue weighted by molar-refractivity contribution is 0.0995. The van der Waals surface area contributed by atoms with Crippen LogP contribution in [0.15, 0.2) is 36.4 Å². The Morgan fingerprint density at radius 1 is 1.29 bits per heavy atom. The minimum Gasteiger partial charge on any atom is -0.364 e. The second kappa shape index (κ2) is 4.51. The van der Waals surface area contributed by atoms with Crippen molar-refractivity contribution in [2.24, 2.45) is 5.73 Å². The van der Waals surface area contributed by atoms with Gasteiger partial charge in [-0.2, -0.15) is 0 Å². The van der Waals surface area contributed by atoms with Crippen molar-refractivity contribution in [2.75, 3.05) is 0 Å². The van der Waals surface area contributed by atoms with Gasteiger partial charge in [0.15, 0.2) is 5.82 Å². The van der Waals surface area contributed by atoms with E-state index in [1.807, 2.05) is 0 Å². The quantitative estimate of drug-likeness (QED) is 0.891. The maximum absolute atomic E-state index is 13.8. The van der Waals surface area contributed by atoms with E-state index >= 15 is 0 Å². The number of primary amides is 1. The van der Waals surface area contributed by atoms with E-state index in [1.54, 1.807) is 30.3 Å². The van der Waals surface area contributed by atoms with Crippen molar-refractivity contribution in [3.8, 4) is 11.3 Å². The molecular weight excluding hydrogens is 243 g/mol. The molecule has 0 atom stereocenters. The van der Waals surface area contributed by atoms with Gasteiger partial charge < -0.3 is 5.73 Å². The molecule has 2 aromatic rings. The number of halogens is 2. The van der Waals surface area contributed by atoms with E-state index in [-0.39, 0.29) is 16.4 Å². The smallest absolute Gasteiger partial charge is 0.267 e. The summed E-state index contributed by atoms with van der Waals surface area (Å²) in [5.74, 6) is -1.41. The monoisotopic (exact) mass is 250 g/mol. The van der Waals surface area contributed by atoms with Crippen LogP contribution in [-0.4, -0.2) is 10.9 Å². The highest BCUT2D eigenvalue weighted by Gasteiger charge is 2.15. The summed E-state index contributed by atoms with van der Waals surface area (Å²) in [6, 6.07) is 9.73. The minimum atomic E-state index is -0.746. The number of nitrogens with two attached hydrogens (primary N) is 1. The van der Waals surface area contributed by atoms with Gasteiger partial charge in [0.1, 0.15) is 11.4 Å². The molecule has 0 saturated heterocycles. The first kappa shape index (κ1) is 11.5. The van der Waals surface area contributed by atoms with E-state index in [9.17, 15) is 9.18 Å². The van der Waals surface area contributed by atoms with E-state index in [0.717, 1.165) is 6.07 Å². The minimum absolute atomic E-state index is 0.0203. The van der Waals surface area contributed by atoms with E-state index in [0.29, 0.717) is 5.56 Å². The Morgan fingerprint density at radius 3 is 2.53 bits per heavy atom. The van der Waals surface area contributed by atoms with Crippen LogP contribution in [0.5, 0.6) is 0 Å². The second-order valence-electron chi connectivity index (χ2n) is 3.38. The molecule has 0 fully saturated rings. The van der Waals surface area contributed by atoms with Crippen LogP contribution in [-0.2, 0) is 0 Å². The second-order valence-corrected chi connectivity index (χ2v) is 3.79. The van der Waals surface area contributed by atoms with E-state index in [2.05, 4.69) is 4.98 Å². The molecule has 0 saturated carbocycles. The third-order valence-corrected chi connectivity index (χ3v) is 2.49. The van der Waals surface area contributed by atoms with Crippen molar-refractivity contribution in [1.29, 1.82) is 0 Å². The summed E-state index contributed by atoms with van der Waals surface area (Å²) in [6.07, 6.45) is 0. The Balaban J connectivity index is 2.65. The highest BCUT2D eigenvalue weighted by atomic mass is 35.5. The van der Waals surface area contributed by atoms with Gasteiger partial charge in [-0.15, -0.1) is 0 Å². The predicted octanol–water partition coefficient (Wildman–Crippen LogP) is 2.64. The SMILES string of the molecule is NC(=O)c1cc(Cl)c(F)c(-c2ccccc2)n1. The highest BCUT2D eigenvalue weighted by Crippen LogP contribution is 2.26. The summed E-state index contributed by atoms with van der Waals surface area (Å²) in [6.45, 7) is 0. The van der Waals surface area contributed by atoms with Gasteiger partial charge in [-0.05, 0) is 6.07 Å². The van der Waals surface area contributed by atoms with E-state index in [1.165, 1.54) is 0 Å². The zero-order valence-corrected chi connectivity index (χ0v) is 9.41. The third-order valence-electron chi connectivity index (χ3n) is 2.21. The molecule has 86 valence electrons. The molecule has 2 N–H and O–H groups in total. The Morgan fingerprint density at radius 2 is 1.94 bits per heavy atom. The Labute approximate surface area is 102 Å². The number of nitrogens with zero attached hydrogens (tertiary/aromatic N) is 1. The summed E-state index contributed by atoms with van der Waals surface area (Å²) in [7, 11) is 0. The fourth-order valence-corrected chi connectivity index (χ4v) is 1.60. The van der Waals surface area contributed by atoms with Gasteiger partial charge in [0, 0.05) is 5.56 Å². The molecule has 3 nitrogen and oxygen atoms in total. The molecule has 5 heteroatoms. The lowest BCUT2D eigenvalue weighted by atomic mass is 10.1. The summed E-state index contributed by atoms with van der Waals surface area (Å²) in [5, 5.41) is -0.173. The van der Waals surface area contributed by atoms with Crippen LogP contribution in [0.25, 0.3) is 11.3 Å². The number of aromatic nitrogens is 1. The summed E-state index contributed by atoms with van der Waals surface area (Å²) >= 11 is 5.69. The topological polar surface area (TPSA) is 56.0 Å². The maximum atomic E-state index is 13.8. The van der Waals surface area contributed by atoms with E-state index < -0.39 is 11.7 Å². The first-order chi connectivity index (χ1) is 8.09. The van der Waals surface area contributed by atoms with E-state index in [4.69, 9.17) is 17.3 Å². The molecule has 1 aromatic heterocycles. The third kappa shape index (κ3) is 2.26. The number of hydrogen-bond acceptors (Lipinski definition) is 2. The number of amides is 1. The number of carbonyl (C=O) groups is 1. The molecular formula is C12H8ClFN2O. The van der Waals surface area contributed by atoms with Crippen molar-refractivity contribution in [2.45, 2.75) is 0 Å². The molecule has 2 rings (SSSR count). The summed E-state index contributed by atoms with van der Waals surface area (Å²) in [4.78, 5) is 14.9. The lowest BCUT2D eigenvalue weighted by Gasteiger charge is -2.05. The molecule has 1 heterocycles. The molecule has 0 unspecified atom stereocenters. The molecule has 0 bridgehead atoms. The van der Waals surface area contributed by atoms with Crippen LogP contribution < -0.4 is 5.73 Å². The Hall–Kier alpha value is -1.94. The number of carbonyl (C=O) groups excluding carboxylic acids is 1. The van der Waals surface area contributed by atoms with Crippen LogP contribution >= 0.6 is 11.6 Å². The molecule has 1 amide bonds. The Kier molecular flexibility index (Phi) is 3.06. The van der Waals surface area contributed by atoms with Gasteiger partial charge in [0.2, 0.25) is 0 Å². The zero-order chi connectivity index (χ0) is 12.4. The molecule has 0 aliphatic heterocycles. The van der Waals surface area contributed by atoms with Crippen molar-refractivity contribution < 1.29 is 9.18 Å². The average molecular weight is 251 g/mol. The van der Waals surface area contributed by atoms with Gasteiger partial charge in [0.05, 0.1) is 5.02 Å². The van der Waals surface area contributed by atoms with Crippen LogP contribution in [0, 0.1) is 5.82 Å². The van der Waals surface area contributed by atoms with Crippen molar-refractivity contribution >= 4 is 17.5 Å². The van der Waals surface area contributed by atoms with Gasteiger partial charge in [-0.1, -0.05) is 41.9 Å². The van der Waals surface area contributed by atoms with Gasteiger partial charge >= 0.3 is 0 Å². The molecule has 0 radical (unpaired) electrons. The molecule has 0 spiro atoms. The van der Waals surface area contributed by atoms with Gasteiger partial charge in [0.25, 0.3) is 5.91 Å². The fraction of sp³-hybridized carbons (Fsp3) is 0. The van der Waals surface area contributed by atoms with Gasteiger partial charge in [-0.3, -0.25) is 4.79 Å². The molecule has 17 heavy (non-hydrogen) atoms. The van der Waals surface area contributed by atoms with Crippen molar-refractivity contribution in [3.05, 3.63) is 52.9 Å². The highest BCUT2D eigenvalue weighted by molar-refractivity contribution is 6.31. The largest absolute Gasteiger partial charge is 0.364 e. The summed E-state index contributed by atoms with van der Waals surface area (Å²) < 4.78 is 13.8. The Bertz CT molecular complexity index is 572. The molecule has 1 aromatic carbocycles. The fourth-order valence-electron chi connectivity index (χ4n) is 1.41. The first-order valence-corrected chi connectivity index (χ1v) is 5.18. The van der Waals surface area contributed by atoms with Crippen LogP contribution in [0.4, 0.5) is 4.39 Å². The lowest BCUT2D eigenvalue weighted by Crippen LogP contribution is -2.14. The average Bonchev–Trinajstić information content (AvgIpc) is 2.33. The van der Waals surface area contributed by atoms with Gasteiger partial charge in [-0.25, -0.2) is 9.37 Å². The normalized spacial score (nSPS) is 10.2. The van der Waals surface area contributed by atoms with Crippen molar-refractivity contribution in [3.63, 3.8) is 0 Å². The number of hydrogen-bond donors (Lipinski definition) is 1. The molecule has 0 aliphatic carbocycles. The first-order valence-electron chi connectivity index (χ1n) is 4.81. The molecule has 0 aliphatic rings. The standard InChI is InChI=1S/C12H8ClFN2O/c13-8-6-9(12(15)17)16-11(10(8)14)7-4-2-1-3-5-7/h1-6H,(H2,15,17). The van der Waals surface area contributed by atoms with Crippen LogP contribution in [0.3, 0.4) is 0 Å². The summed E-state index contributed by atoms with van der Waals surface area (Å²) in [5.41, 5.74) is 5.59. The number of rotatable bonds is 2. The maximum Gasteiger partial charge on any atom is 0.267 e. The predicted molar refractivity (Wildman–Crippen MR) is 63.2 cm³/mol. The number of benzene rings is 1. The van der Waals surface area contributed by atoms with Crippen LogP contribution in [0.2, 0.25) is 5.02 Å². The number of pyridine rings is 1. The zero-order valence-electron chi connectivity index (χ0n) is 8.65. The van der Waals surface area contributed by atoms with Crippen molar-refractivity contribution in [1.82, 2.24) is 4.98 Å². The van der Waals surface area contributed by atoms with Crippen LogP contribution in [0.1, 0.15) is 10.5 Å².